The summed E-state index contributed by atoms with van der Waals surface area (Å²) in [5.41, 5.74) is 0.618. The number of halogens is 1. The lowest BCUT2D eigenvalue weighted by Gasteiger charge is -2.27. The maximum absolute atomic E-state index is 12.1. The van der Waals surface area contributed by atoms with Gasteiger partial charge in [0.1, 0.15) is 0 Å². The Morgan fingerprint density at radius 3 is 2.57 bits per heavy atom. The SMILES string of the molecule is CC(=O)N(CCNC(=O)c1ccccc1Br)C1CCCC1. The third kappa shape index (κ3) is 4.30. The first-order chi connectivity index (χ1) is 10.1. The molecule has 0 heterocycles. The lowest BCUT2D eigenvalue weighted by atomic mass is 10.2. The van der Waals surface area contributed by atoms with Gasteiger partial charge in [-0.3, -0.25) is 9.59 Å². The van der Waals surface area contributed by atoms with Crippen LogP contribution in [-0.4, -0.2) is 35.8 Å². The Balaban J connectivity index is 1.86. The molecule has 0 aromatic heterocycles. The molecule has 0 saturated heterocycles. The van der Waals surface area contributed by atoms with Gasteiger partial charge in [-0.2, -0.15) is 0 Å². The maximum Gasteiger partial charge on any atom is 0.252 e. The molecule has 0 spiro atoms. The average molecular weight is 353 g/mol. The molecule has 1 N–H and O–H groups in total. The number of benzene rings is 1. The summed E-state index contributed by atoms with van der Waals surface area (Å²) in [6.45, 7) is 2.67. The van der Waals surface area contributed by atoms with E-state index in [1.54, 1.807) is 13.0 Å². The minimum Gasteiger partial charge on any atom is -0.350 e. The summed E-state index contributed by atoms with van der Waals surface area (Å²) in [6.07, 6.45) is 4.55. The number of hydrogen-bond donors (Lipinski definition) is 1. The highest BCUT2D eigenvalue weighted by molar-refractivity contribution is 9.10. The summed E-state index contributed by atoms with van der Waals surface area (Å²) in [5.74, 6) is -0.0190. The molecule has 1 fully saturated rings. The summed E-state index contributed by atoms with van der Waals surface area (Å²) in [4.78, 5) is 25.7. The van der Waals surface area contributed by atoms with Crippen LogP contribution in [-0.2, 0) is 4.79 Å². The highest BCUT2D eigenvalue weighted by atomic mass is 79.9. The monoisotopic (exact) mass is 352 g/mol. The Hall–Kier alpha value is -1.36. The molecule has 2 amide bonds. The van der Waals surface area contributed by atoms with Crippen molar-refractivity contribution in [3.8, 4) is 0 Å². The van der Waals surface area contributed by atoms with Gasteiger partial charge in [-0.25, -0.2) is 0 Å². The highest BCUT2D eigenvalue weighted by Crippen LogP contribution is 2.23. The number of carbonyl (C=O) groups is 2. The zero-order chi connectivity index (χ0) is 15.2. The van der Waals surface area contributed by atoms with E-state index >= 15 is 0 Å². The van der Waals surface area contributed by atoms with Crippen molar-refractivity contribution in [3.05, 3.63) is 34.3 Å². The zero-order valence-electron chi connectivity index (χ0n) is 12.3. The number of carbonyl (C=O) groups excluding carboxylic acids is 2. The molecular weight excluding hydrogens is 332 g/mol. The third-order valence-corrected chi connectivity index (χ3v) is 4.62. The molecule has 0 unspecified atom stereocenters. The first-order valence-corrected chi connectivity index (χ1v) is 8.19. The van der Waals surface area contributed by atoms with Crippen LogP contribution in [0.2, 0.25) is 0 Å². The van der Waals surface area contributed by atoms with Gasteiger partial charge in [0.25, 0.3) is 5.91 Å². The van der Waals surface area contributed by atoms with Crippen molar-refractivity contribution in [1.29, 1.82) is 0 Å². The summed E-state index contributed by atoms with van der Waals surface area (Å²) < 4.78 is 0.779. The first-order valence-electron chi connectivity index (χ1n) is 7.39. The fraction of sp³-hybridized carbons (Fsp3) is 0.500. The fourth-order valence-electron chi connectivity index (χ4n) is 2.84. The van der Waals surface area contributed by atoms with E-state index < -0.39 is 0 Å². The van der Waals surface area contributed by atoms with Crippen LogP contribution in [0, 0.1) is 0 Å². The number of nitrogens with zero attached hydrogens (tertiary/aromatic N) is 1. The van der Waals surface area contributed by atoms with Crippen LogP contribution < -0.4 is 5.32 Å². The molecule has 21 heavy (non-hydrogen) atoms. The van der Waals surface area contributed by atoms with Gasteiger partial charge in [0, 0.05) is 30.5 Å². The second-order valence-corrected chi connectivity index (χ2v) is 6.24. The standard InChI is InChI=1S/C16H21BrN2O2/c1-12(20)19(13-6-2-3-7-13)11-10-18-16(21)14-8-4-5-9-15(14)17/h4-5,8-9,13H,2-3,6-7,10-11H2,1H3,(H,18,21). The molecule has 1 aliphatic carbocycles. The van der Waals surface area contributed by atoms with Crippen molar-refractivity contribution in [2.75, 3.05) is 13.1 Å². The highest BCUT2D eigenvalue weighted by Gasteiger charge is 2.24. The second-order valence-electron chi connectivity index (χ2n) is 5.39. The van der Waals surface area contributed by atoms with Gasteiger partial charge in [0.2, 0.25) is 5.91 Å². The minimum absolute atomic E-state index is 0.0945. The van der Waals surface area contributed by atoms with E-state index in [4.69, 9.17) is 0 Å². The first kappa shape index (κ1) is 16.0. The maximum atomic E-state index is 12.1. The number of hydrogen-bond acceptors (Lipinski definition) is 2. The lowest BCUT2D eigenvalue weighted by Crippen LogP contribution is -2.42. The molecule has 0 bridgehead atoms. The normalized spacial score (nSPS) is 15.0. The van der Waals surface area contributed by atoms with E-state index in [-0.39, 0.29) is 11.8 Å². The van der Waals surface area contributed by atoms with Crippen LogP contribution in [0.5, 0.6) is 0 Å². The Kier molecular flexibility index (Phi) is 5.79. The number of amides is 2. The van der Waals surface area contributed by atoms with Gasteiger partial charge >= 0.3 is 0 Å². The Bertz CT molecular complexity index is 513. The van der Waals surface area contributed by atoms with E-state index in [2.05, 4.69) is 21.2 Å². The average Bonchev–Trinajstić information content (AvgIpc) is 2.97. The van der Waals surface area contributed by atoms with Crippen LogP contribution >= 0.6 is 15.9 Å². The van der Waals surface area contributed by atoms with E-state index in [1.165, 1.54) is 12.8 Å². The molecule has 0 radical (unpaired) electrons. The Morgan fingerprint density at radius 2 is 1.95 bits per heavy atom. The molecule has 5 heteroatoms. The fourth-order valence-corrected chi connectivity index (χ4v) is 3.31. The van der Waals surface area contributed by atoms with Crippen molar-refractivity contribution in [2.45, 2.75) is 38.6 Å². The summed E-state index contributed by atoms with van der Waals surface area (Å²) >= 11 is 3.37. The largest absolute Gasteiger partial charge is 0.350 e. The topological polar surface area (TPSA) is 49.4 Å². The van der Waals surface area contributed by atoms with E-state index in [0.717, 1.165) is 17.3 Å². The van der Waals surface area contributed by atoms with E-state index in [1.807, 2.05) is 23.1 Å². The summed E-state index contributed by atoms with van der Waals surface area (Å²) in [6, 6.07) is 7.68. The molecule has 1 aromatic carbocycles. The van der Waals surface area contributed by atoms with Gasteiger partial charge in [-0.05, 0) is 40.9 Å². The molecule has 1 aromatic rings. The van der Waals surface area contributed by atoms with Crippen molar-refractivity contribution in [2.24, 2.45) is 0 Å². The second kappa shape index (κ2) is 7.59. The molecule has 2 rings (SSSR count). The van der Waals surface area contributed by atoms with Crippen molar-refractivity contribution >= 4 is 27.7 Å². The van der Waals surface area contributed by atoms with Gasteiger partial charge in [-0.15, -0.1) is 0 Å². The molecule has 1 aliphatic rings. The van der Waals surface area contributed by atoms with Gasteiger partial charge in [0.15, 0.2) is 0 Å². The molecule has 0 atom stereocenters. The van der Waals surface area contributed by atoms with Crippen LogP contribution in [0.15, 0.2) is 28.7 Å². The number of nitrogens with one attached hydrogen (secondary N) is 1. The van der Waals surface area contributed by atoms with E-state index in [9.17, 15) is 9.59 Å². The Morgan fingerprint density at radius 1 is 1.29 bits per heavy atom. The van der Waals surface area contributed by atoms with Gasteiger partial charge in [-0.1, -0.05) is 25.0 Å². The number of rotatable bonds is 5. The lowest BCUT2D eigenvalue weighted by molar-refractivity contribution is -0.130. The predicted octanol–water partition coefficient (Wildman–Crippen LogP) is 2.97. The van der Waals surface area contributed by atoms with Gasteiger partial charge in [0.05, 0.1) is 5.56 Å². The quantitative estimate of drug-likeness (QED) is 0.885. The minimum atomic E-state index is -0.114. The molecule has 4 nitrogen and oxygen atoms in total. The molecule has 114 valence electrons. The third-order valence-electron chi connectivity index (χ3n) is 3.93. The van der Waals surface area contributed by atoms with Crippen molar-refractivity contribution < 1.29 is 9.59 Å². The van der Waals surface area contributed by atoms with Crippen molar-refractivity contribution in [1.82, 2.24) is 10.2 Å². The summed E-state index contributed by atoms with van der Waals surface area (Å²) in [7, 11) is 0. The van der Waals surface area contributed by atoms with Crippen LogP contribution in [0.3, 0.4) is 0 Å². The van der Waals surface area contributed by atoms with Crippen LogP contribution in [0.1, 0.15) is 43.0 Å². The molecular formula is C16H21BrN2O2. The predicted molar refractivity (Wildman–Crippen MR) is 86.1 cm³/mol. The zero-order valence-corrected chi connectivity index (χ0v) is 13.9. The smallest absolute Gasteiger partial charge is 0.252 e. The van der Waals surface area contributed by atoms with Crippen LogP contribution in [0.4, 0.5) is 0 Å². The van der Waals surface area contributed by atoms with E-state index in [0.29, 0.717) is 24.7 Å². The molecule has 1 saturated carbocycles. The van der Waals surface area contributed by atoms with Crippen molar-refractivity contribution in [3.63, 3.8) is 0 Å². The summed E-state index contributed by atoms with van der Waals surface area (Å²) in [5, 5.41) is 2.89. The van der Waals surface area contributed by atoms with Crippen LogP contribution in [0.25, 0.3) is 0 Å². The molecule has 0 aliphatic heterocycles. The Labute approximate surface area is 134 Å². The van der Waals surface area contributed by atoms with Gasteiger partial charge < -0.3 is 10.2 Å².